The van der Waals surface area contributed by atoms with Crippen LogP contribution in [0.25, 0.3) is 0 Å². The molecule has 1 heterocycles. The van der Waals surface area contributed by atoms with Crippen LogP contribution in [0, 0.1) is 0 Å². The van der Waals surface area contributed by atoms with Crippen LogP contribution in [0.4, 0.5) is 0 Å². The predicted octanol–water partition coefficient (Wildman–Crippen LogP) is 2.49. The zero-order chi connectivity index (χ0) is 8.27. The van der Waals surface area contributed by atoms with Crippen LogP contribution in [0.5, 0.6) is 0 Å². The molecule has 1 aromatic heterocycles. The Hall–Kier alpha value is -0.280. The van der Waals surface area contributed by atoms with E-state index in [0.717, 1.165) is 23.5 Å². The summed E-state index contributed by atoms with van der Waals surface area (Å²) in [5.41, 5.74) is 0. The number of halogens is 1. The summed E-state index contributed by atoms with van der Waals surface area (Å²) >= 11 is 3.26. The summed E-state index contributed by atoms with van der Waals surface area (Å²) in [4.78, 5) is 2.19. The molecule has 62 valence electrons. The Bertz CT molecular complexity index is 222. The molecule has 0 aliphatic rings. The molecule has 11 heavy (non-hydrogen) atoms. The maximum atomic E-state index is 5.33. The first kappa shape index (κ1) is 8.81. The fourth-order valence-electron chi connectivity index (χ4n) is 0.815. The van der Waals surface area contributed by atoms with Crippen molar-refractivity contribution in [1.82, 2.24) is 4.90 Å². The molecule has 0 bridgehead atoms. The third kappa shape index (κ3) is 2.67. The molecule has 0 atom stereocenters. The van der Waals surface area contributed by atoms with Gasteiger partial charge in [0.2, 0.25) is 0 Å². The summed E-state index contributed by atoms with van der Waals surface area (Å²) in [6.07, 6.45) is 0. The Morgan fingerprint density at radius 1 is 1.55 bits per heavy atom. The van der Waals surface area contributed by atoms with Crippen molar-refractivity contribution in [3.63, 3.8) is 0 Å². The van der Waals surface area contributed by atoms with E-state index in [1.54, 1.807) is 0 Å². The van der Waals surface area contributed by atoms with Crippen LogP contribution >= 0.6 is 15.9 Å². The lowest BCUT2D eigenvalue weighted by Gasteiger charge is -2.10. The molecule has 0 aliphatic carbocycles. The summed E-state index contributed by atoms with van der Waals surface area (Å²) in [7, 11) is 2.07. The minimum Gasteiger partial charge on any atom is -0.453 e. The molecule has 0 aliphatic heterocycles. The van der Waals surface area contributed by atoms with Gasteiger partial charge in [-0.15, -0.1) is 0 Å². The van der Waals surface area contributed by atoms with E-state index < -0.39 is 0 Å². The zero-order valence-corrected chi connectivity index (χ0v) is 8.39. The molecule has 3 heteroatoms. The van der Waals surface area contributed by atoms with Crippen LogP contribution < -0.4 is 0 Å². The summed E-state index contributed by atoms with van der Waals surface area (Å²) in [6, 6.07) is 3.90. The zero-order valence-electron chi connectivity index (χ0n) is 6.80. The van der Waals surface area contributed by atoms with Crippen LogP contribution in [-0.2, 0) is 6.54 Å². The Balaban J connectivity index is 2.50. The largest absolute Gasteiger partial charge is 0.453 e. The summed E-state index contributed by atoms with van der Waals surface area (Å²) in [6.45, 7) is 4.04. The average Bonchev–Trinajstić information content (AvgIpc) is 2.35. The molecule has 0 radical (unpaired) electrons. The lowest BCUT2D eigenvalue weighted by atomic mass is 10.4. The van der Waals surface area contributed by atoms with E-state index in [-0.39, 0.29) is 0 Å². The number of nitrogens with zero attached hydrogens (tertiary/aromatic N) is 1. The highest BCUT2D eigenvalue weighted by molar-refractivity contribution is 9.10. The lowest BCUT2D eigenvalue weighted by Crippen LogP contribution is -2.16. The van der Waals surface area contributed by atoms with Gasteiger partial charge < -0.3 is 4.42 Å². The van der Waals surface area contributed by atoms with E-state index in [1.807, 2.05) is 12.1 Å². The molecule has 0 saturated heterocycles. The fourth-order valence-corrected chi connectivity index (χ4v) is 1.15. The van der Waals surface area contributed by atoms with E-state index in [4.69, 9.17) is 4.42 Å². The highest BCUT2D eigenvalue weighted by atomic mass is 79.9. The molecule has 0 N–H and O–H groups in total. The third-order valence-electron chi connectivity index (χ3n) is 1.59. The minimum atomic E-state index is 0.803. The van der Waals surface area contributed by atoms with Gasteiger partial charge in [0.15, 0.2) is 4.67 Å². The molecular weight excluding hydrogens is 206 g/mol. The molecule has 2 nitrogen and oxygen atoms in total. The van der Waals surface area contributed by atoms with Gasteiger partial charge in [-0.3, -0.25) is 4.90 Å². The van der Waals surface area contributed by atoms with Gasteiger partial charge >= 0.3 is 0 Å². The number of hydrogen-bond acceptors (Lipinski definition) is 2. The molecule has 1 rings (SSSR count). The summed E-state index contributed by atoms with van der Waals surface area (Å²) in [5, 5.41) is 0. The molecule has 0 spiro atoms. The second kappa shape index (κ2) is 3.93. The highest BCUT2D eigenvalue weighted by Gasteiger charge is 2.01. The molecule has 1 aromatic rings. The smallest absolute Gasteiger partial charge is 0.169 e. The van der Waals surface area contributed by atoms with Gasteiger partial charge in [-0.25, -0.2) is 0 Å². The standard InChI is InChI=1S/C8H12BrNO/c1-3-10(2)6-7-4-5-8(9)11-7/h4-5H,3,6H2,1-2H3. The van der Waals surface area contributed by atoms with Crippen LogP contribution in [0.15, 0.2) is 21.2 Å². The lowest BCUT2D eigenvalue weighted by molar-refractivity contribution is 0.306. The van der Waals surface area contributed by atoms with Gasteiger partial charge in [-0.2, -0.15) is 0 Å². The van der Waals surface area contributed by atoms with E-state index in [0.29, 0.717) is 0 Å². The second-order valence-corrected chi connectivity index (χ2v) is 3.32. The van der Waals surface area contributed by atoms with Crippen molar-refractivity contribution < 1.29 is 4.42 Å². The Morgan fingerprint density at radius 3 is 2.73 bits per heavy atom. The van der Waals surface area contributed by atoms with Crippen molar-refractivity contribution in [2.24, 2.45) is 0 Å². The van der Waals surface area contributed by atoms with E-state index >= 15 is 0 Å². The molecule has 0 fully saturated rings. The van der Waals surface area contributed by atoms with E-state index in [2.05, 4.69) is 34.8 Å². The van der Waals surface area contributed by atoms with Crippen molar-refractivity contribution >= 4 is 15.9 Å². The first-order chi connectivity index (χ1) is 5.22. The molecule has 0 aromatic carbocycles. The number of furan rings is 1. The second-order valence-electron chi connectivity index (χ2n) is 2.54. The number of rotatable bonds is 3. The van der Waals surface area contributed by atoms with Crippen molar-refractivity contribution in [2.45, 2.75) is 13.5 Å². The molecular formula is C8H12BrNO. The Labute approximate surface area is 75.3 Å². The van der Waals surface area contributed by atoms with Gasteiger partial charge in [0.25, 0.3) is 0 Å². The van der Waals surface area contributed by atoms with Crippen molar-refractivity contribution in [1.29, 1.82) is 0 Å². The van der Waals surface area contributed by atoms with Gasteiger partial charge in [0.1, 0.15) is 5.76 Å². The van der Waals surface area contributed by atoms with Gasteiger partial charge in [-0.05, 0) is 41.7 Å². The van der Waals surface area contributed by atoms with Crippen LogP contribution in [0.1, 0.15) is 12.7 Å². The number of hydrogen-bond donors (Lipinski definition) is 0. The predicted molar refractivity (Wildman–Crippen MR) is 48.4 cm³/mol. The minimum absolute atomic E-state index is 0.803. The van der Waals surface area contributed by atoms with E-state index in [1.165, 1.54) is 0 Å². The van der Waals surface area contributed by atoms with Crippen LogP contribution in [-0.4, -0.2) is 18.5 Å². The van der Waals surface area contributed by atoms with E-state index in [9.17, 15) is 0 Å². The van der Waals surface area contributed by atoms with Gasteiger partial charge in [-0.1, -0.05) is 6.92 Å². The van der Waals surface area contributed by atoms with Crippen LogP contribution in [0.3, 0.4) is 0 Å². The van der Waals surface area contributed by atoms with Crippen molar-refractivity contribution in [3.05, 3.63) is 22.6 Å². The summed E-state index contributed by atoms with van der Waals surface area (Å²) in [5.74, 6) is 1.00. The molecule has 0 unspecified atom stereocenters. The SMILES string of the molecule is CCN(C)Cc1ccc(Br)o1. The summed E-state index contributed by atoms with van der Waals surface area (Å²) < 4.78 is 6.13. The van der Waals surface area contributed by atoms with Gasteiger partial charge in [0, 0.05) is 0 Å². The van der Waals surface area contributed by atoms with Crippen molar-refractivity contribution in [2.75, 3.05) is 13.6 Å². The Kier molecular flexibility index (Phi) is 3.15. The van der Waals surface area contributed by atoms with Gasteiger partial charge in [0.05, 0.1) is 6.54 Å². The first-order valence-electron chi connectivity index (χ1n) is 3.65. The first-order valence-corrected chi connectivity index (χ1v) is 4.44. The monoisotopic (exact) mass is 217 g/mol. The average molecular weight is 218 g/mol. The molecule has 0 saturated carbocycles. The maximum Gasteiger partial charge on any atom is 0.169 e. The van der Waals surface area contributed by atoms with Crippen molar-refractivity contribution in [3.8, 4) is 0 Å². The third-order valence-corrected chi connectivity index (χ3v) is 2.02. The van der Waals surface area contributed by atoms with Crippen LogP contribution in [0.2, 0.25) is 0 Å². The topological polar surface area (TPSA) is 16.4 Å². The fraction of sp³-hybridized carbons (Fsp3) is 0.500. The quantitative estimate of drug-likeness (QED) is 0.774. The maximum absolute atomic E-state index is 5.33. The highest BCUT2D eigenvalue weighted by Crippen LogP contribution is 2.14. The Morgan fingerprint density at radius 2 is 2.27 bits per heavy atom. The normalized spacial score (nSPS) is 10.9. The molecule has 0 amide bonds.